The monoisotopic (exact) mass is 401 g/mol. The molecular weight excluding hydrogens is 378 g/mol. The summed E-state index contributed by atoms with van der Waals surface area (Å²) in [6.45, 7) is 2.37. The van der Waals surface area contributed by atoms with Gasteiger partial charge in [0, 0.05) is 18.9 Å². The molecule has 0 aliphatic rings. The van der Waals surface area contributed by atoms with Crippen LogP contribution in [0, 0.1) is 6.92 Å². The summed E-state index contributed by atoms with van der Waals surface area (Å²) in [5.74, 6) is 0.171. The fourth-order valence-corrected chi connectivity index (χ4v) is 3.28. The number of pyridine rings is 1. The first kappa shape index (κ1) is 19.7. The number of carbonyl (C=O) groups is 1. The number of fused-ring (bicyclic) bond motifs is 1. The number of imidazole rings is 1. The van der Waals surface area contributed by atoms with Crippen molar-refractivity contribution in [2.45, 2.75) is 19.6 Å². The Morgan fingerprint density at radius 2 is 1.87 bits per heavy atom. The molecule has 0 bridgehead atoms. The zero-order valence-electron chi connectivity index (χ0n) is 16.7. The van der Waals surface area contributed by atoms with Crippen molar-refractivity contribution in [2.24, 2.45) is 0 Å². The molecule has 2 aromatic carbocycles. The van der Waals surface area contributed by atoms with Gasteiger partial charge in [-0.15, -0.1) is 0 Å². The fourth-order valence-electron chi connectivity index (χ4n) is 3.28. The third-order valence-corrected chi connectivity index (χ3v) is 4.88. The molecule has 4 rings (SSSR count). The minimum atomic E-state index is -0.774. The van der Waals surface area contributed by atoms with E-state index in [4.69, 9.17) is 4.74 Å². The number of benzene rings is 2. The highest BCUT2D eigenvalue weighted by molar-refractivity contribution is 5.96. The average Bonchev–Trinajstić information content (AvgIpc) is 3.21. The van der Waals surface area contributed by atoms with Gasteiger partial charge in [0.25, 0.3) is 5.91 Å². The van der Waals surface area contributed by atoms with Crippen molar-refractivity contribution in [3.05, 3.63) is 102 Å². The van der Waals surface area contributed by atoms with Crippen LogP contribution in [-0.2, 0) is 6.61 Å². The number of hydrogen-bond acceptors (Lipinski definition) is 4. The summed E-state index contributed by atoms with van der Waals surface area (Å²) < 4.78 is 7.86. The normalized spacial score (nSPS) is 11.9. The van der Waals surface area contributed by atoms with Crippen molar-refractivity contribution in [3.8, 4) is 5.75 Å². The Hall–Kier alpha value is -3.64. The number of ether oxygens (including phenoxy) is 1. The molecular formula is C24H23N3O3. The zero-order valence-corrected chi connectivity index (χ0v) is 16.7. The topological polar surface area (TPSA) is 75.9 Å². The highest BCUT2D eigenvalue weighted by Gasteiger charge is 2.15. The average molecular weight is 401 g/mol. The Morgan fingerprint density at radius 1 is 1.10 bits per heavy atom. The van der Waals surface area contributed by atoms with E-state index < -0.39 is 6.10 Å². The summed E-state index contributed by atoms with van der Waals surface area (Å²) in [6.07, 6.45) is 3.09. The van der Waals surface area contributed by atoms with E-state index in [9.17, 15) is 9.90 Å². The van der Waals surface area contributed by atoms with Crippen LogP contribution in [0.25, 0.3) is 5.65 Å². The minimum Gasteiger partial charge on any atom is -0.486 e. The number of aliphatic hydroxyl groups excluding tert-OH is 1. The standard InChI is InChI=1S/C24H23N3O3/c1-17-8-7-13-27-15-19(26-23(17)27)16-30-22-12-6-5-11-20(22)24(29)25-14-21(28)18-9-3-2-4-10-18/h2-13,15,21,28H,14,16H2,1H3,(H,25,29). The molecule has 0 fully saturated rings. The molecule has 2 N–H and O–H groups in total. The number of nitrogens with zero attached hydrogens (tertiary/aromatic N) is 2. The molecule has 0 aliphatic carbocycles. The van der Waals surface area contributed by atoms with Crippen LogP contribution in [0.5, 0.6) is 5.75 Å². The Bertz CT molecular complexity index is 1150. The highest BCUT2D eigenvalue weighted by Crippen LogP contribution is 2.20. The number of hydrogen-bond donors (Lipinski definition) is 2. The molecule has 1 unspecified atom stereocenters. The molecule has 6 nitrogen and oxygen atoms in total. The molecule has 2 heterocycles. The first-order chi connectivity index (χ1) is 14.6. The summed E-state index contributed by atoms with van der Waals surface area (Å²) in [4.78, 5) is 17.3. The quantitative estimate of drug-likeness (QED) is 0.495. The van der Waals surface area contributed by atoms with Crippen LogP contribution >= 0.6 is 0 Å². The predicted molar refractivity (Wildman–Crippen MR) is 114 cm³/mol. The second-order valence-electron chi connectivity index (χ2n) is 7.08. The lowest BCUT2D eigenvalue weighted by molar-refractivity contribution is 0.0912. The van der Waals surface area contributed by atoms with Gasteiger partial charge in [0.1, 0.15) is 18.0 Å². The van der Waals surface area contributed by atoms with Crippen LogP contribution in [-0.4, -0.2) is 26.9 Å². The molecule has 0 radical (unpaired) electrons. The predicted octanol–water partition coefficient (Wildman–Crippen LogP) is 3.69. The fraction of sp³-hybridized carbons (Fsp3) is 0.167. The van der Waals surface area contributed by atoms with Gasteiger partial charge in [0.2, 0.25) is 0 Å². The third-order valence-electron chi connectivity index (χ3n) is 4.88. The minimum absolute atomic E-state index is 0.114. The van der Waals surface area contributed by atoms with Gasteiger partial charge >= 0.3 is 0 Å². The van der Waals surface area contributed by atoms with Crippen LogP contribution in [0.3, 0.4) is 0 Å². The maximum Gasteiger partial charge on any atom is 0.255 e. The number of aliphatic hydroxyl groups is 1. The Morgan fingerprint density at radius 3 is 2.67 bits per heavy atom. The van der Waals surface area contributed by atoms with Crippen molar-refractivity contribution < 1.29 is 14.6 Å². The van der Waals surface area contributed by atoms with Gasteiger partial charge in [0.15, 0.2) is 0 Å². The van der Waals surface area contributed by atoms with Crippen molar-refractivity contribution >= 4 is 11.6 Å². The highest BCUT2D eigenvalue weighted by atomic mass is 16.5. The number of carbonyl (C=O) groups excluding carboxylic acids is 1. The second kappa shape index (κ2) is 8.80. The summed E-state index contributed by atoms with van der Waals surface area (Å²) in [7, 11) is 0. The summed E-state index contributed by atoms with van der Waals surface area (Å²) in [6, 6.07) is 20.3. The van der Waals surface area contributed by atoms with Gasteiger partial charge < -0.3 is 19.6 Å². The molecule has 4 aromatic rings. The van der Waals surface area contributed by atoms with Crippen molar-refractivity contribution in [1.82, 2.24) is 14.7 Å². The number of aryl methyl sites for hydroxylation is 1. The van der Waals surface area contributed by atoms with Gasteiger partial charge in [-0.25, -0.2) is 4.98 Å². The molecule has 1 amide bonds. The zero-order chi connectivity index (χ0) is 20.9. The second-order valence-corrected chi connectivity index (χ2v) is 7.08. The van der Waals surface area contributed by atoms with E-state index in [0.29, 0.717) is 11.3 Å². The van der Waals surface area contributed by atoms with Gasteiger partial charge in [-0.3, -0.25) is 4.79 Å². The van der Waals surface area contributed by atoms with Gasteiger partial charge in [-0.1, -0.05) is 48.5 Å². The molecule has 0 saturated heterocycles. The third kappa shape index (κ3) is 4.34. The first-order valence-corrected chi connectivity index (χ1v) is 9.78. The molecule has 1 atom stereocenters. The van der Waals surface area contributed by atoms with Crippen molar-refractivity contribution in [2.75, 3.05) is 6.54 Å². The Balaban J connectivity index is 1.42. The smallest absolute Gasteiger partial charge is 0.255 e. The van der Waals surface area contributed by atoms with Crippen LogP contribution < -0.4 is 10.1 Å². The first-order valence-electron chi connectivity index (χ1n) is 9.78. The van der Waals surface area contributed by atoms with Gasteiger partial charge in [-0.05, 0) is 36.2 Å². The lowest BCUT2D eigenvalue weighted by Gasteiger charge is -2.14. The molecule has 0 saturated carbocycles. The molecule has 30 heavy (non-hydrogen) atoms. The number of para-hydroxylation sites is 1. The van der Waals surface area contributed by atoms with Gasteiger partial charge in [-0.2, -0.15) is 0 Å². The van der Waals surface area contributed by atoms with Crippen LogP contribution in [0.15, 0.2) is 79.1 Å². The number of nitrogens with one attached hydrogen (secondary N) is 1. The Kier molecular flexibility index (Phi) is 5.77. The molecule has 0 aliphatic heterocycles. The van der Waals surface area contributed by atoms with E-state index >= 15 is 0 Å². The maximum atomic E-state index is 12.7. The molecule has 152 valence electrons. The largest absolute Gasteiger partial charge is 0.486 e. The summed E-state index contributed by atoms with van der Waals surface area (Å²) in [5.41, 5.74) is 3.92. The van der Waals surface area contributed by atoms with E-state index in [1.165, 1.54) is 0 Å². The summed E-state index contributed by atoms with van der Waals surface area (Å²) >= 11 is 0. The number of aromatic nitrogens is 2. The van der Waals surface area contributed by atoms with Crippen molar-refractivity contribution in [3.63, 3.8) is 0 Å². The van der Waals surface area contributed by atoms with Crippen molar-refractivity contribution in [1.29, 1.82) is 0 Å². The van der Waals surface area contributed by atoms with E-state index in [1.54, 1.807) is 18.2 Å². The molecule has 2 aromatic heterocycles. The van der Waals surface area contributed by atoms with Crippen LogP contribution in [0.4, 0.5) is 0 Å². The van der Waals surface area contributed by atoms with E-state index in [2.05, 4.69) is 10.3 Å². The maximum absolute atomic E-state index is 12.7. The van der Waals surface area contributed by atoms with Crippen LogP contribution in [0.1, 0.15) is 33.3 Å². The van der Waals surface area contributed by atoms with E-state index in [-0.39, 0.29) is 19.1 Å². The lowest BCUT2D eigenvalue weighted by Crippen LogP contribution is -2.28. The lowest BCUT2D eigenvalue weighted by atomic mass is 10.1. The summed E-state index contributed by atoms with van der Waals surface area (Å²) in [5, 5.41) is 13.0. The SMILES string of the molecule is Cc1cccn2cc(COc3ccccc3C(=O)NCC(O)c3ccccc3)nc12. The number of rotatable bonds is 7. The number of amides is 1. The van der Waals surface area contributed by atoms with Crippen LogP contribution in [0.2, 0.25) is 0 Å². The van der Waals surface area contributed by atoms with E-state index in [0.717, 1.165) is 22.5 Å². The molecule has 0 spiro atoms. The van der Waals surface area contributed by atoms with E-state index in [1.807, 2.05) is 72.2 Å². The van der Waals surface area contributed by atoms with Gasteiger partial charge in [0.05, 0.1) is 17.4 Å². The Labute approximate surface area is 174 Å². The molecule has 6 heteroatoms.